The minimum absolute atomic E-state index is 0.00208. The number of para-hydroxylation sites is 2. The van der Waals surface area contributed by atoms with Crippen molar-refractivity contribution in [2.45, 2.75) is 32.2 Å². The molecule has 1 unspecified atom stereocenters. The summed E-state index contributed by atoms with van der Waals surface area (Å²) in [6.07, 6.45) is 2.39. The van der Waals surface area contributed by atoms with Crippen LogP contribution in [0.25, 0.3) is 0 Å². The molecule has 2 fully saturated rings. The average molecular weight is 288 g/mol. The van der Waals surface area contributed by atoms with Crippen LogP contribution in [0.2, 0.25) is 0 Å². The topological polar surface area (TPSA) is 58.6 Å². The second-order valence-corrected chi connectivity index (χ2v) is 5.59. The molecular formula is C16H20N2O3. The lowest BCUT2D eigenvalue weighted by Crippen LogP contribution is -2.34. The van der Waals surface area contributed by atoms with Gasteiger partial charge in [0.15, 0.2) is 0 Å². The molecule has 112 valence electrons. The fraction of sp³-hybridized carbons (Fsp3) is 0.500. The Kier molecular flexibility index (Phi) is 3.82. The molecule has 1 N–H and O–H groups in total. The lowest BCUT2D eigenvalue weighted by Gasteiger charge is -2.20. The van der Waals surface area contributed by atoms with Crippen LogP contribution in [0.5, 0.6) is 5.75 Å². The summed E-state index contributed by atoms with van der Waals surface area (Å²) in [4.78, 5) is 26.0. The van der Waals surface area contributed by atoms with Gasteiger partial charge in [0, 0.05) is 19.0 Å². The zero-order valence-electron chi connectivity index (χ0n) is 12.2. The highest BCUT2D eigenvalue weighted by molar-refractivity contribution is 6.01. The first-order chi connectivity index (χ1) is 10.2. The minimum atomic E-state index is -0.257. The molecule has 0 bridgehead atoms. The van der Waals surface area contributed by atoms with Crippen LogP contribution in [0.3, 0.4) is 0 Å². The van der Waals surface area contributed by atoms with Crippen molar-refractivity contribution in [1.82, 2.24) is 5.32 Å². The molecule has 1 aliphatic heterocycles. The highest BCUT2D eigenvalue weighted by Crippen LogP contribution is 2.33. The summed E-state index contributed by atoms with van der Waals surface area (Å²) < 4.78 is 5.57. The number of hydrogen-bond donors (Lipinski definition) is 1. The molecule has 1 aliphatic carbocycles. The summed E-state index contributed by atoms with van der Waals surface area (Å²) >= 11 is 0. The van der Waals surface area contributed by atoms with Crippen LogP contribution >= 0.6 is 0 Å². The number of carbonyl (C=O) groups is 2. The normalized spacial score (nSPS) is 21.5. The fourth-order valence-electron chi connectivity index (χ4n) is 2.62. The average Bonchev–Trinajstić information content (AvgIpc) is 3.20. The maximum absolute atomic E-state index is 12.2. The summed E-state index contributed by atoms with van der Waals surface area (Å²) in [6.45, 7) is 2.89. The number of hydrogen-bond acceptors (Lipinski definition) is 3. The molecular weight excluding hydrogens is 268 g/mol. The van der Waals surface area contributed by atoms with Gasteiger partial charge in [-0.15, -0.1) is 0 Å². The first-order valence-electron chi connectivity index (χ1n) is 7.51. The van der Waals surface area contributed by atoms with E-state index in [-0.39, 0.29) is 24.2 Å². The molecule has 5 nitrogen and oxygen atoms in total. The van der Waals surface area contributed by atoms with Crippen LogP contribution in [0.15, 0.2) is 24.3 Å². The van der Waals surface area contributed by atoms with E-state index in [2.05, 4.69) is 5.32 Å². The number of nitrogens with zero attached hydrogens (tertiary/aromatic N) is 1. The summed E-state index contributed by atoms with van der Waals surface area (Å²) in [6, 6.07) is 7.81. The molecule has 1 saturated heterocycles. The minimum Gasteiger partial charge on any atom is -0.492 e. The van der Waals surface area contributed by atoms with Crippen LogP contribution in [0.1, 0.15) is 26.2 Å². The number of nitrogens with one attached hydrogen (secondary N) is 1. The first kappa shape index (κ1) is 13.9. The maximum atomic E-state index is 12.2. The Balaban J connectivity index is 1.73. The van der Waals surface area contributed by atoms with Gasteiger partial charge in [0.25, 0.3) is 0 Å². The van der Waals surface area contributed by atoms with Crippen LogP contribution in [0.4, 0.5) is 5.69 Å². The Hall–Kier alpha value is -2.04. The number of carbonyl (C=O) groups excluding carboxylic acids is 2. The maximum Gasteiger partial charge on any atom is 0.227 e. The van der Waals surface area contributed by atoms with Crippen molar-refractivity contribution in [1.29, 1.82) is 0 Å². The van der Waals surface area contributed by atoms with Crippen molar-refractivity contribution in [3.05, 3.63) is 24.3 Å². The van der Waals surface area contributed by atoms with Gasteiger partial charge in [-0.05, 0) is 31.9 Å². The van der Waals surface area contributed by atoms with Gasteiger partial charge in [-0.3, -0.25) is 9.59 Å². The van der Waals surface area contributed by atoms with Crippen LogP contribution in [0, 0.1) is 5.92 Å². The molecule has 5 heteroatoms. The van der Waals surface area contributed by atoms with Gasteiger partial charge in [-0.25, -0.2) is 0 Å². The summed E-state index contributed by atoms with van der Waals surface area (Å²) in [5, 5.41) is 2.98. The van der Waals surface area contributed by atoms with Gasteiger partial charge in [0.2, 0.25) is 11.8 Å². The van der Waals surface area contributed by atoms with Crippen LogP contribution < -0.4 is 15.0 Å². The fourth-order valence-corrected chi connectivity index (χ4v) is 2.62. The Morgan fingerprint density at radius 2 is 2.14 bits per heavy atom. The predicted molar refractivity (Wildman–Crippen MR) is 79.2 cm³/mol. The number of ether oxygens (including phenoxy) is 1. The quantitative estimate of drug-likeness (QED) is 0.897. The standard InChI is InChI=1S/C16H20N2O3/c1-2-21-14-6-4-3-5-13(14)18-10-11(9-15(18)19)16(20)17-12-7-8-12/h3-6,11-12H,2,7-10H2,1H3,(H,17,20). The van der Waals surface area contributed by atoms with Gasteiger partial charge < -0.3 is 15.0 Å². The van der Waals surface area contributed by atoms with Crippen molar-refractivity contribution in [2.75, 3.05) is 18.1 Å². The highest BCUT2D eigenvalue weighted by Gasteiger charge is 2.37. The lowest BCUT2D eigenvalue weighted by atomic mass is 10.1. The monoisotopic (exact) mass is 288 g/mol. The van der Waals surface area contributed by atoms with E-state index in [0.29, 0.717) is 24.9 Å². The largest absolute Gasteiger partial charge is 0.492 e. The molecule has 1 aromatic carbocycles. The van der Waals surface area contributed by atoms with Crippen molar-refractivity contribution in [3.63, 3.8) is 0 Å². The van der Waals surface area contributed by atoms with E-state index in [1.165, 1.54) is 0 Å². The van der Waals surface area contributed by atoms with Gasteiger partial charge in [0.05, 0.1) is 18.2 Å². The molecule has 0 aromatic heterocycles. The van der Waals surface area contributed by atoms with Gasteiger partial charge >= 0.3 is 0 Å². The SMILES string of the molecule is CCOc1ccccc1N1CC(C(=O)NC2CC2)CC1=O. The molecule has 1 heterocycles. The summed E-state index contributed by atoms with van der Waals surface area (Å²) in [5.41, 5.74) is 0.756. The van der Waals surface area contributed by atoms with E-state index in [0.717, 1.165) is 18.5 Å². The van der Waals surface area contributed by atoms with E-state index < -0.39 is 0 Å². The molecule has 0 radical (unpaired) electrons. The van der Waals surface area contributed by atoms with E-state index in [1.54, 1.807) is 4.90 Å². The Morgan fingerprint density at radius 3 is 2.86 bits per heavy atom. The Bertz CT molecular complexity index is 554. The van der Waals surface area contributed by atoms with E-state index in [4.69, 9.17) is 4.74 Å². The highest BCUT2D eigenvalue weighted by atomic mass is 16.5. The predicted octanol–water partition coefficient (Wildman–Crippen LogP) is 1.72. The molecule has 1 saturated carbocycles. The van der Waals surface area contributed by atoms with Crippen molar-refractivity contribution in [2.24, 2.45) is 5.92 Å². The molecule has 0 spiro atoms. The number of amides is 2. The van der Waals surface area contributed by atoms with Crippen molar-refractivity contribution < 1.29 is 14.3 Å². The number of rotatable bonds is 5. The second kappa shape index (κ2) is 5.76. The summed E-state index contributed by atoms with van der Waals surface area (Å²) in [7, 11) is 0. The molecule has 21 heavy (non-hydrogen) atoms. The zero-order chi connectivity index (χ0) is 14.8. The van der Waals surface area contributed by atoms with Crippen molar-refractivity contribution >= 4 is 17.5 Å². The van der Waals surface area contributed by atoms with Crippen molar-refractivity contribution in [3.8, 4) is 5.75 Å². The third-order valence-electron chi connectivity index (χ3n) is 3.88. The van der Waals surface area contributed by atoms with E-state index >= 15 is 0 Å². The lowest BCUT2D eigenvalue weighted by molar-refractivity contribution is -0.126. The molecule has 3 rings (SSSR count). The van der Waals surface area contributed by atoms with Gasteiger partial charge in [0.1, 0.15) is 5.75 Å². The Morgan fingerprint density at radius 1 is 1.38 bits per heavy atom. The molecule has 1 atom stereocenters. The van der Waals surface area contributed by atoms with E-state index in [1.807, 2.05) is 31.2 Å². The summed E-state index contributed by atoms with van der Waals surface area (Å²) in [5.74, 6) is 0.421. The first-order valence-corrected chi connectivity index (χ1v) is 7.51. The van der Waals surface area contributed by atoms with Gasteiger partial charge in [-0.2, -0.15) is 0 Å². The van der Waals surface area contributed by atoms with Gasteiger partial charge in [-0.1, -0.05) is 12.1 Å². The number of anilines is 1. The second-order valence-electron chi connectivity index (χ2n) is 5.59. The molecule has 2 aliphatic rings. The molecule has 2 amide bonds. The van der Waals surface area contributed by atoms with Crippen LogP contribution in [-0.4, -0.2) is 31.0 Å². The molecule has 1 aromatic rings. The van der Waals surface area contributed by atoms with E-state index in [9.17, 15) is 9.59 Å². The van der Waals surface area contributed by atoms with Crippen LogP contribution in [-0.2, 0) is 9.59 Å². The Labute approximate surface area is 124 Å². The zero-order valence-corrected chi connectivity index (χ0v) is 12.2. The number of benzene rings is 1. The third kappa shape index (κ3) is 3.01. The third-order valence-corrected chi connectivity index (χ3v) is 3.88. The smallest absolute Gasteiger partial charge is 0.227 e.